The number of carbonyl (C=O) groups excluding carboxylic acids is 2. The average molecular weight is 343 g/mol. The summed E-state index contributed by atoms with van der Waals surface area (Å²) < 4.78 is 0.995. The summed E-state index contributed by atoms with van der Waals surface area (Å²) >= 11 is 3.52. The lowest BCUT2D eigenvalue weighted by Crippen LogP contribution is -2.35. The minimum Gasteiger partial charge on any atom is -0.267 e. The molecule has 1 saturated heterocycles. The highest BCUT2D eigenvalue weighted by atomic mass is 79.9. The third-order valence-electron chi connectivity index (χ3n) is 3.88. The Morgan fingerprint density at radius 3 is 2.10 bits per heavy atom. The van der Waals surface area contributed by atoms with Crippen LogP contribution in [0.15, 0.2) is 53.0 Å². The molecule has 0 radical (unpaired) electrons. The van der Waals surface area contributed by atoms with Gasteiger partial charge in [0, 0.05) is 11.0 Å². The zero-order chi connectivity index (χ0) is 14.6. The van der Waals surface area contributed by atoms with Crippen molar-refractivity contribution in [3.05, 3.63) is 69.7 Å². The van der Waals surface area contributed by atoms with Crippen LogP contribution < -0.4 is 0 Å². The number of rotatable bonds is 2. The van der Waals surface area contributed by atoms with Crippen molar-refractivity contribution in [1.29, 1.82) is 0 Å². The van der Waals surface area contributed by atoms with Gasteiger partial charge < -0.3 is 0 Å². The third kappa shape index (κ3) is 1.85. The number of hydrazine groups is 1. The molecule has 0 N–H and O–H groups in total. The van der Waals surface area contributed by atoms with E-state index in [4.69, 9.17) is 0 Å². The molecule has 5 heteroatoms. The molecule has 0 aliphatic carbocycles. The number of carbonyl (C=O) groups is 2. The van der Waals surface area contributed by atoms with Crippen LogP contribution in [0.5, 0.6) is 0 Å². The van der Waals surface area contributed by atoms with Gasteiger partial charge in [-0.05, 0) is 23.8 Å². The molecular formula is C16H11BrN2O2. The molecule has 21 heavy (non-hydrogen) atoms. The molecule has 2 amide bonds. The van der Waals surface area contributed by atoms with Gasteiger partial charge in [0.2, 0.25) is 0 Å². The van der Waals surface area contributed by atoms with E-state index < -0.39 is 0 Å². The first-order valence-electron chi connectivity index (χ1n) is 6.67. The third-order valence-corrected chi connectivity index (χ3v) is 4.60. The Kier molecular flexibility index (Phi) is 2.74. The maximum Gasteiger partial charge on any atom is 0.276 e. The van der Waals surface area contributed by atoms with Crippen LogP contribution in [-0.4, -0.2) is 28.4 Å². The Labute approximate surface area is 130 Å². The molecule has 2 aliphatic heterocycles. The maximum absolute atomic E-state index is 12.4. The fraction of sp³-hybridized carbons (Fsp3) is 0.125. The molecule has 104 valence electrons. The van der Waals surface area contributed by atoms with E-state index >= 15 is 0 Å². The highest BCUT2D eigenvalue weighted by Crippen LogP contribution is 2.42. The Hall–Kier alpha value is -1.98. The molecule has 0 saturated carbocycles. The second-order valence-corrected chi connectivity index (χ2v) is 5.98. The maximum atomic E-state index is 12.4. The standard InChI is InChI=1S/C16H11BrN2O2/c17-13-8-4-3-7-12(13)14-9-18(14)19-15(20)10-5-1-2-6-11(10)16(19)21/h1-8,14H,9H2/t14-,18?/m1/s1. The number of hydrogen-bond acceptors (Lipinski definition) is 3. The molecule has 2 atom stereocenters. The van der Waals surface area contributed by atoms with E-state index in [9.17, 15) is 9.59 Å². The van der Waals surface area contributed by atoms with Gasteiger partial charge in [0.05, 0.1) is 17.2 Å². The van der Waals surface area contributed by atoms with Gasteiger partial charge in [-0.2, -0.15) is 5.01 Å². The SMILES string of the molecule is O=C1c2ccccc2C(=O)N1N1C[C@@H]1c1ccccc1Br. The fourth-order valence-electron chi connectivity index (χ4n) is 2.77. The van der Waals surface area contributed by atoms with Gasteiger partial charge in [0.25, 0.3) is 11.8 Å². The van der Waals surface area contributed by atoms with Gasteiger partial charge in [-0.3, -0.25) is 9.59 Å². The van der Waals surface area contributed by atoms with Crippen molar-refractivity contribution in [3.8, 4) is 0 Å². The van der Waals surface area contributed by atoms with Crippen molar-refractivity contribution in [3.63, 3.8) is 0 Å². The number of amides is 2. The molecule has 2 heterocycles. The summed E-state index contributed by atoms with van der Waals surface area (Å²) in [6.45, 7) is 0.675. The minimum atomic E-state index is -0.231. The Morgan fingerprint density at radius 1 is 0.905 bits per heavy atom. The van der Waals surface area contributed by atoms with Crippen molar-refractivity contribution in [1.82, 2.24) is 10.0 Å². The number of nitrogens with zero attached hydrogens (tertiary/aromatic N) is 2. The molecule has 0 aromatic heterocycles. The molecule has 1 fully saturated rings. The Bertz CT molecular complexity index is 739. The van der Waals surface area contributed by atoms with Gasteiger partial charge in [-0.1, -0.05) is 46.3 Å². The number of imide groups is 1. The molecule has 4 rings (SSSR count). The Balaban J connectivity index is 1.65. The van der Waals surface area contributed by atoms with Crippen molar-refractivity contribution in [2.24, 2.45) is 0 Å². The van der Waals surface area contributed by atoms with Gasteiger partial charge >= 0.3 is 0 Å². The van der Waals surface area contributed by atoms with Crippen molar-refractivity contribution in [2.45, 2.75) is 6.04 Å². The Morgan fingerprint density at radius 2 is 1.48 bits per heavy atom. The number of benzene rings is 2. The van der Waals surface area contributed by atoms with Crippen molar-refractivity contribution >= 4 is 27.7 Å². The van der Waals surface area contributed by atoms with Crippen LogP contribution >= 0.6 is 15.9 Å². The lowest BCUT2D eigenvalue weighted by Gasteiger charge is -2.16. The predicted molar refractivity (Wildman–Crippen MR) is 80.5 cm³/mol. The average Bonchev–Trinajstić information content (AvgIpc) is 3.23. The number of halogens is 1. The molecule has 2 aromatic rings. The molecule has 0 bridgehead atoms. The van der Waals surface area contributed by atoms with Crippen LogP contribution in [0.3, 0.4) is 0 Å². The summed E-state index contributed by atoms with van der Waals surface area (Å²) in [5.41, 5.74) is 2.06. The monoisotopic (exact) mass is 342 g/mol. The van der Waals surface area contributed by atoms with Crippen LogP contribution in [0.25, 0.3) is 0 Å². The van der Waals surface area contributed by atoms with Crippen LogP contribution in [0.2, 0.25) is 0 Å². The van der Waals surface area contributed by atoms with Crippen LogP contribution in [0.4, 0.5) is 0 Å². The molecule has 4 nitrogen and oxygen atoms in total. The van der Waals surface area contributed by atoms with E-state index in [1.54, 1.807) is 24.3 Å². The van der Waals surface area contributed by atoms with Gasteiger partial charge in [-0.15, -0.1) is 0 Å². The van der Waals surface area contributed by atoms with Crippen LogP contribution in [-0.2, 0) is 0 Å². The zero-order valence-electron chi connectivity index (χ0n) is 11.0. The normalized spacial score (nSPS) is 23.4. The molecular weight excluding hydrogens is 332 g/mol. The highest BCUT2D eigenvalue weighted by molar-refractivity contribution is 9.10. The fourth-order valence-corrected chi connectivity index (χ4v) is 3.31. The van der Waals surface area contributed by atoms with Crippen molar-refractivity contribution in [2.75, 3.05) is 6.54 Å². The summed E-state index contributed by atoms with van der Waals surface area (Å²) in [6, 6.07) is 14.9. The molecule has 0 spiro atoms. The van der Waals surface area contributed by atoms with E-state index in [2.05, 4.69) is 15.9 Å². The van der Waals surface area contributed by atoms with Crippen LogP contribution in [0.1, 0.15) is 32.3 Å². The quantitative estimate of drug-likeness (QED) is 0.622. The van der Waals surface area contributed by atoms with Crippen LogP contribution in [0, 0.1) is 0 Å². The topological polar surface area (TPSA) is 40.4 Å². The van der Waals surface area contributed by atoms with E-state index in [1.807, 2.05) is 29.3 Å². The van der Waals surface area contributed by atoms with E-state index in [-0.39, 0.29) is 17.9 Å². The first kappa shape index (κ1) is 12.7. The summed E-state index contributed by atoms with van der Waals surface area (Å²) in [6.07, 6.45) is 0. The first-order valence-corrected chi connectivity index (χ1v) is 7.46. The summed E-state index contributed by atoms with van der Waals surface area (Å²) in [7, 11) is 0. The van der Waals surface area contributed by atoms with E-state index in [1.165, 1.54) is 5.01 Å². The van der Waals surface area contributed by atoms with Gasteiger partial charge in [-0.25, -0.2) is 5.01 Å². The summed E-state index contributed by atoms with van der Waals surface area (Å²) in [4.78, 5) is 24.8. The smallest absolute Gasteiger partial charge is 0.267 e. The first-order chi connectivity index (χ1) is 10.2. The van der Waals surface area contributed by atoms with Gasteiger partial charge in [0.1, 0.15) is 0 Å². The summed E-state index contributed by atoms with van der Waals surface area (Å²) in [5.74, 6) is -0.463. The van der Waals surface area contributed by atoms with Gasteiger partial charge in [0.15, 0.2) is 0 Å². The highest BCUT2D eigenvalue weighted by Gasteiger charge is 2.49. The minimum absolute atomic E-state index is 0.0720. The lowest BCUT2D eigenvalue weighted by atomic mass is 10.1. The lowest BCUT2D eigenvalue weighted by molar-refractivity contribution is 0.0370. The molecule has 2 aromatic carbocycles. The van der Waals surface area contributed by atoms with E-state index in [0.717, 1.165) is 10.0 Å². The predicted octanol–water partition coefficient (Wildman–Crippen LogP) is 3.02. The molecule has 1 unspecified atom stereocenters. The zero-order valence-corrected chi connectivity index (χ0v) is 12.6. The largest absolute Gasteiger partial charge is 0.276 e. The number of fused-ring (bicyclic) bond motifs is 1. The second-order valence-electron chi connectivity index (χ2n) is 5.13. The summed E-state index contributed by atoms with van der Waals surface area (Å²) in [5, 5.41) is 3.08. The molecule has 2 aliphatic rings. The second kappa shape index (κ2) is 4.51. The number of hydrogen-bond donors (Lipinski definition) is 0. The van der Waals surface area contributed by atoms with Crippen molar-refractivity contribution < 1.29 is 9.59 Å². The van der Waals surface area contributed by atoms with E-state index in [0.29, 0.717) is 17.7 Å².